The highest BCUT2D eigenvalue weighted by molar-refractivity contribution is 5.81. The van der Waals surface area contributed by atoms with Crippen molar-refractivity contribution in [2.24, 2.45) is 0 Å². The highest BCUT2D eigenvalue weighted by atomic mass is 16.4. The van der Waals surface area contributed by atoms with Gasteiger partial charge in [0.05, 0.1) is 0 Å². The number of carboxylic acid groups (broad SMARTS) is 1. The zero-order valence-corrected chi connectivity index (χ0v) is 10.8. The summed E-state index contributed by atoms with van der Waals surface area (Å²) in [4.78, 5) is 24.0. The first-order valence-electron chi connectivity index (χ1n) is 6.53. The van der Waals surface area contributed by atoms with Crippen molar-refractivity contribution < 1.29 is 14.7 Å². The third-order valence-corrected chi connectivity index (χ3v) is 3.60. The second kappa shape index (κ2) is 6.03. The molecule has 1 N–H and O–H groups in total. The third kappa shape index (κ3) is 3.45. The Morgan fingerprint density at radius 3 is 2.47 bits per heavy atom. The predicted octanol–water partition coefficient (Wildman–Crippen LogP) is 2.42. The Morgan fingerprint density at radius 1 is 1.41 bits per heavy atom. The number of hydrogen-bond acceptors (Lipinski definition) is 2. The van der Waals surface area contributed by atoms with Crippen LogP contribution in [-0.2, 0) is 9.59 Å². The number of amides is 1. The van der Waals surface area contributed by atoms with Crippen LogP contribution in [0.2, 0.25) is 0 Å². The molecule has 1 aliphatic rings. The topological polar surface area (TPSA) is 57.6 Å². The molecule has 1 amide bonds. The molecule has 0 saturated heterocycles. The van der Waals surface area contributed by atoms with E-state index in [2.05, 4.69) is 6.92 Å². The molecule has 4 nitrogen and oxygen atoms in total. The summed E-state index contributed by atoms with van der Waals surface area (Å²) in [5.41, 5.74) is -1.02. The predicted molar refractivity (Wildman–Crippen MR) is 65.7 cm³/mol. The van der Waals surface area contributed by atoms with Gasteiger partial charge in [0.1, 0.15) is 5.54 Å². The van der Waals surface area contributed by atoms with E-state index in [1.54, 1.807) is 6.92 Å². The van der Waals surface area contributed by atoms with Crippen molar-refractivity contribution in [3.63, 3.8) is 0 Å². The molecule has 1 rings (SSSR count). The van der Waals surface area contributed by atoms with E-state index < -0.39 is 11.5 Å². The molecule has 0 spiro atoms. The van der Waals surface area contributed by atoms with Crippen LogP contribution in [0, 0.1) is 0 Å². The molecule has 0 bridgehead atoms. The van der Waals surface area contributed by atoms with Gasteiger partial charge in [0.25, 0.3) is 0 Å². The molecular weight excluding hydrogens is 218 g/mol. The van der Waals surface area contributed by atoms with Crippen LogP contribution in [0.5, 0.6) is 0 Å². The van der Waals surface area contributed by atoms with Crippen molar-refractivity contribution >= 4 is 12.4 Å². The molecule has 1 fully saturated rings. The average Bonchev–Trinajstić information content (AvgIpc) is 3.09. The molecule has 0 aliphatic heterocycles. The fourth-order valence-corrected chi connectivity index (χ4v) is 2.20. The lowest BCUT2D eigenvalue weighted by atomic mass is 9.92. The van der Waals surface area contributed by atoms with Crippen LogP contribution in [0.3, 0.4) is 0 Å². The maximum atomic E-state index is 11.4. The van der Waals surface area contributed by atoms with Crippen molar-refractivity contribution in [3.05, 3.63) is 0 Å². The largest absolute Gasteiger partial charge is 0.480 e. The molecule has 0 aromatic rings. The van der Waals surface area contributed by atoms with E-state index in [4.69, 9.17) is 0 Å². The van der Waals surface area contributed by atoms with Gasteiger partial charge in [-0.2, -0.15) is 0 Å². The molecule has 17 heavy (non-hydrogen) atoms. The number of rotatable bonds is 9. The monoisotopic (exact) mass is 241 g/mol. The summed E-state index contributed by atoms with van der Waals surface area (Å²) in [6, 6.07) is 0.153. The van der Waals surface area contributed by atoms with Gasteiger partial charge in [-0.25, -0.2) is 4.79 Å². The Hall–Kier alpha value is -1.06. The summed E-state index contributed by atoms with van der Waals surface area (Å²) in [5.74, 6) is -0.881. The first-order chi connectivity index (χ1) is 8.06. The van der Waals surface area contributed by atoms with Gasteiger partial charge in [0.15, 0.2) is 0 Å². The number of hydrogen-bond donors (Lipinski definition) is 1. The molecule has 0 heterocycles. The molecule has 4 heteroatoms. The standard InChI is InChI=1S/C13H23NO3/c1-3-4-5-6-9-13(2,12(16)17)14(10-15)11-7-8-11/h10-11H,3-9H2,1-2H3,(H,16,17). The number of carbonyl (C=O) groups is 2. The molecule has 0 aromatic heterocycles. The van der Waals surface area contributed by atoms with E-state index >= 15 is 0 Å². The molecule has 1 atom stereocenters. The minimum absolute atomic E-state index is 0.153. The van der Waals surface area contributed by atoms with Crippen molar-refractivity contribution in [2.45, 2.75) is 70.4 Å². The van der Waals surface area contributed by atoms with Crippen LogP contribution in [0.4, 0.5) is 0 Å². The fraction of sp³-hybridized carbons (Fsp3) is 0.846. The van der Waals surface area contributed by atoms with Gasteiger partial charge in [-0.15, -0.1) is 0 Å². The van der Waals surface area contributed by atoms with Crippen molar-refractivity contribution in [3.8, 4) is 0 Å². The fourth-order valence-electron chi connectivity index (χ4n) is 2.20. The number of unbranched alkanes of at least 4 members (excludes halogenated alkanes) is 3. The summed E-state index contributed by atoms with van der Waals surface area (Å²) < 4.78 is 0. The van der Waals surface area contributed by atoms with Gasteiger partial charge in [0.2, 0.25) is 6.41 Å². The number of nitrogens with zero attached hydrogens (tertiary/aromatic N) is 1. The lowest BCUT2D eigenvalue weighted by Crippen LogP contribution is -2.52. The zero-order valence-electron chi connectivity index (χ0n) is 10.8. The van der Waals surface area contributed by atoms with Gasteiger partial charge in [0, 0.05) is 6.04 Å². The van der Waals surface area contributed by atoms with E-state index in [1.807, 2.05) is 0 Å². The normalized spacial score (nSPS) is 18.5. The van der Waals surface area contributed by atoms with E-state index in [-0.39, 0.29) is 6.04 Å². The first-order valence-corrected chi connectivity index (χ1v) is 6.53. The minimum atomic E-state index is -1.02. The van der Waals surface area contributed by atoms with Gasteiger partial charge < -0.3 is 10.0 Å². The first kappa shape index (κ1) is 14.0. The summed E-state index contributed by atoms with van der Waals surface area (Å²) in [5, 5.41) is 9.37. The minimum Gasteiger partial charge on any atom is -0.480 e. The third-order valence-electron chi connectivity index (χ3n) is 3.60. The number of carboxylic acids is 1. The SMILES string of the molecule is CCCCCCC(C)(C(=O)O)N(C=O)C1CC1. The average molecular weight is 241 g/mol. The molecule has 0 radical (unpaired) electrons. The van der Waals surface area contributed by atoms with E-state index in [0.717, 1.165) is 38.5 Å². The van der Waals surface area contributed by atoms with Gasteiger partial charge >= 0.3 is 5.97 Å². The Morgan fingerprint density at radius 2 is 2.06 bits per heavy atom. The van der Waals surface area contributed by atoms with Gasteiger partial charge in [-0.1, -0.05) is 32.6 Å². The van der Waals surface area contributed by atoms with Crippen LogP contribution in [0.25, 0.3) is 0 Å². The van der Waals surface area contributed by atoms with Crippen molar-refractivity contribution in [2.75, 3.05) is 0 Å². The van der Waals surface area contributed by atoms with Crippen LogP contribution in [0.15, 0.2) is 0 Å². The van der Waals surface area contributed by atoms with E-state index in [1.165, 1.54) is 4.90 Å². The summed E-state index contributed by atoms with van der Waals surface area (Å²) in [7, 11) is 0. The summed E-state index contributed by atoms with van der Waals surface area (Å²) >= 11 is 0. The number of carbonyl (C=O) groups excluding carboxylic acids is 1. The Labute approximate surface area is 103 Å². The maximum absolute atomic E-state index is 11.4. The smallest absolute Gasteiger partial charge is 0.329 e. The molecule has 1 aliphatic carbocycles. The number of aliphatic carboxylic acids is 1. The van der Waals surface area contributed by atoms with Crippen LogP contribution < -0.4 is 0 Å². The molecular formula is C13H23NO3. The Kier molecular flexibility index (Phi) is 4.97. The lowest BCUT2D eigenvalue weighted by molar-refractivity contribution is -0.155. The summed E-state index contributed by atoms with van der Waals surface area (Å²) in [6.07, 6.45) is 7.31. The highest BCUT2D eigenvalue weighted by Gasteiger charge is 2.45. The zero-order chi connectivity index (χ0) is 12.9. The van der Waals surface area contributed by atoms with Crippen LogP contribution in [0.1, 0.15) is 58.8 Å². The Bertz CT molecular complexity index is 276. The van der Waals surface area contributed by atoms with Gasteiger partial charge in [-0.05, 0) is 26.2 Å². The second-order valence-corrected chi connectivity index (χ2v) is 5.13. The lowest BCUT2D eigenvalue weighted by Gasteiger charge is -2.35. The molecule has 0 aromatic carbocycles. The van der Waals surface area contributed by atoms with Crippen LogP contribution in [-0.4, -0.2) is 34.0 Å². The van der Waals surface area contributed by atoms with Crippen molar-refractivity contribution in [1.29, 1.82) is 0 Å². The molecule has 98 valence electrons. The van der Waals surface area contributed by atoms with Gasteiger partial charge in [-0.3, -0.25) is 4.79 Å². The molecule has 1 unspecified atom stereocenters. The van der Waals surface area contributed by atoms with E-state index in [0.29, 0.717) is 12.8 Å². The van der Waals surface area contributed by atoms with E-state index in [9.17, 15) is 14.7 Å². The highest BCUT2D eigenvalue weighted by Crippen LogP contribution is 2.34. The van der Waals surface area contributed by atoms with Crippen molar-refractivity contribution in [1.82, 2.24) is 4.90 Å². The maximum Gasteiger partial charge on any atom is 0.329 e. The summed E-state index contributed by atoms with van der Waals surface area (Å²) in [6.45, 7) is 3.80. The quantitative estimate of drug-likeness (QED) is 0.498. The molecule has 1 saturated carbocycles. The second-order valence-electron chi connectivity index (χ2n) is 5.13. The Balaban J connectivity index is 2.59. The van der Waals surface area contributed by atoms with Crippen LogP contribution >= 0.6 is 0 Å².